The number of carbonyl (C=O) groups excluding carboxylic acids is 1. The van der Waals surface area contributed by atoms with E-state index in [1.807, 2.05) is 13.8 Å². The maximum absolute atomic E-state index is 12.6. The van der Waals surface area contributed by atoms with Crippen LogP contribution in [0.1, 0.15) is 45.9 Å². The number of nitrogens with zero attached hydrogens (tertiary/aromatic N) is 2. The monoisotopic (exact) mass is 383 g/mol. The predicted octanol–water partition coefficient (Wildman–Crippen LogP) is 1.50. The Balaban J connectivity index is 1.63. The lowest BCUT2D eigenvalue weighted by Gasteiger charge is -2.30. The number of aromatic nitrogens is 3. The zero-order valence-electron chi connectivity index (χ0n) is 14.1. The molecule has 8 nitrogen and oxygen atoms in total. The maximum Gasteiger partial charge on any atom is 0.273 e. The highest BCUT2D eigenvalue weighted by molar-refractivity contribution is 7.89. The van der Waals surface area contributed by atoms with E-state index < -0.39 is 10.0 Å². The van der Waals surface area contributed by atoms with Crippen molar-refractivity contribution in [3.05, 3.63) is 27.7 Å². The number of aryl methyl sites for hydroxylation is 2. The second-order valence-electron chi connectivity index (χ2n) is 6.29. The normalized spacial score (nSPS) is 21.2. The molecule has 1 fully saturated rings. The molecule has 0 bridgehead atoms. The van der Waals surface area contributed by atoms with Crippen molar-refractivity contribution in [1.82, 2.24) is 25.4 Å². The van der Waals surface area contributed by atoms with Gasteiger partial charge in [-0.1, -0.05) is 0 Å². The van der Waals surface area contributed by atoms with E-state index in [0.717, 1.165) is 29.0 Å². The first-order valence-electron chi connectivity index (χ1n) is 8.11. The van der Waals surface area contributed by atoms with E-state index in [9.17, 15) is 13.2 Å². The topological polar surface area (TPSA) is 117 Å². The fourth-order valence-corrected chi connectivity index (χ4v) is 5.99. The third kappa shape index (κ3) is 4.25. The van der Waals surface area contributed by atoms with Gasteiger partial charge in [0.1, 0.15) is 0 Å². The minimum atomic E-state index is -3.54. The zero-order chi connectivity index (χ0) is 18.0. The average molecular weight is 383 g/mol. The molecule has 136 valence electrons. The van der Waals surface area contributed by atoms with Gasteiger partial charge in [0.2, 0.25) is 10.0 Å². The zero-order valence-corrected chi connectivity index (χ0v) is 15.7. The van der Waals surface area contributed by atoms with Crippen LogP contribution in [0.25, 0.3) is 0 Å². The molecule has 0 saturated heterocycles. The van der Waals surface area contributed by atoms with Gasteiger partial charge in [-0.05, 0) is 45.6 Å². The van der Waals surface area contributed by atoms with Crippen LogP contribution in [0.4, 0.5) is 0 Å². The number of amides is 1. The van der Waals surface area contributed by atoms with E-state index in [1.165, 1.54) is 17.5 Å². The van der Waals surface area contributed by atoms with Crippen LogP contribution in [-0.2, 0) is 10.0 Å². The van der Waals surface area contributed by atoms with Crippen LogP contribution in [0.2, 0.25) is 0 Å². The Morgan fingerprint density at radius 2 is 2.08 bits per heavy atom. The third-order valence-corrected chi connectivity index (χ3v) is 7.01. The molecule has 1 saturated carbocycles. The first-order chi connectivity index (χ1) is 11.8. The van der Waals surface area contributed by atoms with Gasteiger partial charge < -0.3 is 5.32 Å². The number of hydrogen-bond donors (Lipinski definition) is 3. The molecule has 1 aliphatic rings. The summed E-state index contributed by atoms with van der Waals surface area (Å²) in [5, 5.41) is 12.7. The van der Waals surface area contributed by atoms with Crippen LogP contribution in [0.15, 0.2) is 17.2 Å². The maximum atomic E-state index is 12.6. The molecular weight excluding hydrogens is 362 g/mol. The molecule has 3 rings (SSSR count). The Bertz CT molecular complexity index is 845. The molecule has 25 heavy (non-hydrogen) atoms. The molecule has 10 heteroatoms. The van der Waals surface area contributed by atoms with Crippen molar-refractivity contribution in [1.29, 1.82) is 0 Å². The second kappa shape index (κ2) is 7.22. The summed E-state index contributed by atoms with van der Waals surface area (Å²) in [6, 6.07) is 1.42. The molecule has 1 amide bonds. The number of hydrogen-bond acceptors (Lipinski definition) is 6. The van der Waals surface area contributed by atoms with Gasteiger partial charge in [-0.25, -0.2) is 13.1 Å². The molecule has 1 aliphatic carbocycles. The Labute approximate surface area is 150 Å². The van der Waals surface area contributed by atoms with Gasteiger partial charge in [-0.2, -0.15) is 15.4 Å². The van der Waals surface area contributed by atoms with Crippen molar-refractivity contribution in [3.63, 3.8) is 0 Å². The van der Waals surface area contributed by atoms with E-state index in [2.05, 4.69) is 25.4 Å². The van der Waals surface area contributed by atoms with Gasteiger partial charge in [0.05, 0.1) is 11.1 Å². The van der Waals surface area contributed by atoms with Crippen LogP contribution < -0.4 is 10.0 Å². The Kier molecular flexibility index (Phi) is 5.21. The minimum Gasteiger partial charge on any atom is -0.348 e. The van der Waals surface area contributed by atoms with Crippen molar-refractivity contribution >= 4 is 27.3 Å². The molecule has 2 heterocycles. The molecule has 3 N–H and O–H groups in total. The Morgan fingerprint density at radius 1 is 1.32 bits per heavy atom. The van der Waals surface area contributed by atoms with Gasteiger partial charge in [0.25, 0.3) is 5.91 Å². The molecule has 2 aromatic heterocycles. The van der Waals surface area contributed by atoms with Crippen molar-refractivity contribution in [3.8, 4) is 0 Å². The molecule has 0 aliphatic heterocycles. The van der Waals surface area contributed by atoms with Crippen LogP contribution in [0.3, 0.4) is 0 Å². The van der Waals surface area contributed by atoms with E-state index in [4.69, 9.17) is 0 Å². The number of rotatable bonds is 5. The number of sulfonamides is 1. The second-order valence-corrected chi connectivity index (χ2v) is 9.43. The van der Waals surface area contributed by atoms with Crippen LogP contribution in [-0.4, -0.2) is 41.8 Å². The number of thiophene rings is 1. The summed E-state index contributed by atoms with van der Waals surface area (Å²) >= 11 is 1.47. The lowest BCUT2D eigenvalue weighted by Crippen LogP contribution is -2.45. The molecule has 2 atom stereocenters. The number of carbonyl (C=O) groups is 1. The number of nitrogens with one attached hydrogen (secondary N) is 3. The van der Waals surface area contributed by atoms with E-state index in [1.54, 1.807) is 6.07 Å². The molecule has 0 unspecified atom stereocenters. The lowest BCUT2D eigenvalue weighted by molar-refractivity contribution is 0.0919. The highest BCUT2D eigenvalue weighted by atomic mass is 32.2. The van der Waals surface area contributed by atoms with Crippen molar-refractivity contribution < 1.29 is 13.2 Å². The highest BCUT2D eigenvalue weighted by Gasteiger charge is 2.29. The van der Waals surface area contributed by atoms with Crippen LogP contribution in [0, 0.1) is 13.8 Å². The van der Waals surface area contributed by atoms with Crippen molar-refractivity contribution in [2.24, 2.45) is 0 Å². The van der Waals surface area contributed by atoms with Gasteiger partial charge in [-0.15, -0.1) is 11.3 Å². The smallest absolute Gasteiger partial charge is 0.273 e. The SMILES string of the molecule is Cc1cc(S(=O)(=O)N[C@@H]2CCC[C@@H](NC(=O)c3cn[nH]n3)C2)c(C)s1. The largest absolute Gasteiger partial charge is 0.348 e. The molecule has 0 radical (unpaired) electrons. The predicted molar refractivity (Wildman–Crippen MR) is 94.0 cm³/mol. The number of aromatic amines is 1. The Morgan fingerprint density at radius 3 is 2.72 bits per heavy atom. The fraction of sp³-hybridized carbons (Fsp3) is 0.533. The summed E-state index contributed by atoms with van der Waals surface area (Å²) in [5.74, 6) is -0.299. The van der Waals surface area contributed by atoms with Crippen LogP contribution in [0.5, 0.6) is 0 Å². The first kappa shape index (κ1) is 18.0. The van der Waals surface area contributed by atoms with Crippen LogP contribution >= 0.6 is 11.3 Å². The molecule has 0 spiro atoms. The summed E-state index contributed by atoms with van der Waals surface area (Å²) in [4.78, 5) is 14.2. The minimum absolute atomic E-state index is 0.0871. The first-order valence-corrected chi connectivity index (χ1v) is 10.4. The Hall–Kier alpha value is -1.78. The van der Waals surface area contributed by atoms with E-state index in [0.29, 0.717) is 11.3 Å². The summed E-state index contributed by atoms with van der Waals surface area (Å²) < 4.78 is 28.1. The van der Waals surface area contributed by atoms with Crippen molar-refractivity contribution in [2.75, 3.05) is 0 Å². The molecule has 0 aromatic carbocycles. The summed E-state index contributed by atoms with van der Waals surface area (Å²) in [6.07, 6.45) is 4.35. The molecule has 2 aromatic rings. The van der Waals surface area contributed by atoms with Gasteiger partial charge in [0.15, 0.2) is 5.69 Å². The standard InChI is InChI=1S/C15H21N5O3S2/c1-9-6-14(10(2)24-9)25(22,23)19-12-5-3-4-11(7-12)17-15(21)13-8-16-20-18-13/h6,8,11-12,19H,3-5,7H2,1-2H3,(H,17,21)(H,16,18,20)/t11-,12-/m1/s1. The highest BCUT2D eigenvalue weighted by Crippen LogP contribution is 2.27. The van der Waals surface area contributed by atoms with Gasteiger partial charge >= 0.3 is 0 Å². The molecular formula is C15H21N5O3S2. The summed E-state index contributed by atoms with van der Waals surface area (Å²) in [6.45, 7) is 3.71. The van der Waals surface area contributed by atoms with E-state index in [-0.39, 0.29) is 23.7 Å². The quantitative estimate of drug-likeness (QED) is 0.723. The van der Waals surface area contributed by atoms with Gasteiger partial charge in [-0.3, -0.25) is 4.79 Å². The summed E-state index contributed by atoms with van der Waals surface area (Å²) in [5.41, 5.74) is 0.229. The average Bonchev–Trinajstić information content (AvgIpc) is 3.17. The van der Waals surface area contributed by atoms with Gasteiger partial charge in [0, 0.05) is 21.8 Å². The van der Waals surface area contributed by atoms with Crippen molar-refractivity contribution in [2.45, 2.75) is 56.5 Å². The number of H-pyrrole nitrogens is 1. The van der Waals surface area contributed by atoms with E-state index >= 15 is 0 Å². The third-order valence-electron chi connectivity index (χ3n) is 4.26. The summed E-state index contributed by atoms with van der Waals surface area (Å²) in [7, 11) is -3.54. The fourth-order valence-electron chi connectivity index (χ4n) is 3.16. The lowest BCUT2D eigenvalue weighted by atomic mass is 9.91.